The van der Waals surface area contributed by atoms with E-state index in [0.29, 0.717) is 24.4 Å². The summed E-state index contributed by atoms with van der Waals surface area (Å²) in [6.45, 7) is 7.31. The van der Waals surface area contributed by atoms with Crippen molar-refractivity contribution in [2.45, 2.75) is 45.4 Å². The van der Waals surface area contributed by atoms with Crippen LogP contribution in [0.5, 0.6) is 5.75 Å². The maximum Gasteiger partial charge on any atom is 0.407 e. The average molecular weight is 477 g/mol. The van der Waals surface area contributed by atoms with E-state index in [1.807, 2.05) is 81.4 Å². The Morgan fingerprint density at radius 2 is 1.86 bits per heavy atom. The van der Waals surface area contributed by atoms with Crippen molar-refractivity contribution in [2.75, 3.05) is 24.6 Å². The number of alkyl carbamates (subject to hydrolysis) is 1. The number of fused-ring (bicyclic) bond motifs is 1. The number of rotatable bonds is 7. The number of amides is 2. The second-order valence-electron chi connectivity index (χ2n) is 9.63. The molecule has 1 atom stereocenters. The molecule has 2 N–H and O–H groups in total. The Labute approximate surface area is 205 Å². The normalized spacial score (nSPS) is 15.6. The standard InChI is InChI=1S/C27H32N4O4/c1-27(2,3)35-26(33)29-21-14-15-31(17-21)23-13-12-20-10-7-11-22(25(20)30-23)34-18-24(32)28-16-19-8-5-4-6-9-19/h4-13,21H,14-18H2,1-3H3,(H,28,32)(H,29,33)/t21-/m0/s1. The van der Waals surface area contributed by atoms with Gasteiger partial charge in [-0.3, -0.25) is 4.79 Å². The lowest BCUT2D eigenvalue weighted by atomic mass is 10.2. The second-order valence-corrected chi connectivity index (χ2v) is 9.63. The zero-order valence-electron chi connectivity index (χ0n) is 20.4. The minimum absolute atomic E-state index is 0.0119. The first-order valence-corrected chi connectivity index (χ1v) is 11.8. The van der Waals surface area contributed by atoms with E-state index >= 15 is 0 Å². The molecule has 35 heavy (non-hydrogen) atoms. The number of benzene rings is 2. The number of pyridine rings is 1. The summed E-state index contributed by atoms with van der Waals surface area (Å²) >= 11 is 0. The molecular formula is C27H32N4O4. The Kier molecular flexibility index (Phi) is 7.39. The van der Waals surface area contributed by atoms with Crippen LogP contribution in [0.4, 0.5) is 10.6 Å². The lowest BCUT2D eigenvalue weighted by Gasteiger charge is -2.22. The van der Waals surface area contributed by atoms with Crippen LogP contribution in [0.1, 0.15) is 32.8 Å². The first kappa shape index (κ1) is 24.3. The predicted octanol–water partition coefficient (Wildman–Crippen LogP) is 4.03. The average Bonchev–Trinajstić information content (AvgIpc) is 3.28. The van der Waals surface area contributed by atoms with Crippen LogP contribution < -0.4 is 20.3 Å². The summed E-state index contributed by atoms with van der Waals surface area (Å²) in [5.74, 6) is 1.16. The van der Waals surface area contributed by atoms with E-state index < -0.39 is 11.7 Å². The first-order valence-electron chi connectivity index (χ1n) is 11.8. The number of aromatic nitrogens is 1. The number of para-hydroxylation sites is 1. The van der Waals surface area contributed by atoms with Gasteiger partial charge < -0.3 is 25.0 Å². The molecule has 0 radical (unpaired) electrons. The van der Waals surface area contributed by atoms with E-state index in [2.05, 4.69) is 15.5 Å². The maximum absolute atomic E-state index is 12.3. The van der Waals surface area contributed by atoms with Gasteiger partial charge in [-0.2, -0.15) is 0 Å². The minimum Gasteiger partial charge on any atom is -0.481 e. The molecule has 1 saturated heterocycles. The molecule has 1 aliphatic heterocycles. The summed E-state index contributed by atoms with van der Waals surface area (Å²) in [5, 5.41) is 6.74. The van der Waals surface area contributed by atoms with Gasteiger partial charge in [0, 0.05) is 25.0 Å². The van der Waals surface area contributed by atoms with Crippen LogP contribution in [0.2, 0.25) is 0 Å². The summed E-state index contributed by atoms with van der Waals surface area (Å²) < 4.78 is 11.2. The molecule has 0 spiro atoms. The molecule has 2 aromatic carbocycles. The molecule has 8 heteroatoms. The van der Waals surface area contributed by atoms with Crippen molar-refractivity contribution in [3.63, 3.8) is 0 Å². The number of hydrogen-bond acceptors (Lipinski definition) is 6. The SMILES string of the molecule is CC(C)(C)OC(=O)N[C@H]1CCN(c2ccc3cccc(OCC(=O)NCc4ccccc4)c3n2)C1. The first-order chi connectivity index (χ1) is 16.8. The van der Waals surface area contributed by atoms with Gasteiger partial charge in [0.1, 0.15) is 22.7 Å². The molecule has 1 fully saturated rings. The zero-order valence-corrected chi connectivity index (χ0v) is 20.4. The van der Waals surface area contributed by atoms with Crippen molar-refractivity contribution >= 4 is 28.7 Å². The van der Waals surface area contributed by atoms with Crippen LogP contribution in [0.15, 0.2) is 60.7 Å². The Morgan fingerprint density at radius 3 is 2.63 bits per heavy atom. The van der Waals surface area contributed by atoms with Crippen molar-refractivity contribution < 1.29 is 19.1 Å². The van der Waals surface area contributed by atoms with Gasteiger partial charge in [0.15, 0.2) is 6.61 Å². The smallest absolute Gasteiger partial charge is 0.407 e. The Morgan fingerprint density at radius 1 is 1.06 bits per heavy atom. The molecule has 4 rings (SSSR count). The number of carbonyl (C=O) groups excluding carboxylic acids is 2. The molecule has 0 saturated carbocycles. The molecule has 0 aliphatic carbocycles. The van der Waals surface area contributed by atoms with E-state index in [9.17, 15) is 9.59 Å². The van der Waals surface area contributed by atoms with Gasteiger partial charge in [-0.1, -0.05) is 42.5 Å². The van der Waals surface area contributed by atoms with Crippen LogP contribution in [-0.4, -0.2) is 48.3 Å². The van der Waals surface area contributed by atoms with E-state index in [1.54, 1.807) is 0 Å². The summed E-state index contributed by atoms with van der Waals surface area (Å²) in [6, 6.07) is 19.4. The van der Waals surface area contributed by atoms with Crippen LogP contribution >= 0.6 is 0 Å². The lowest BCUT2D eigenvalue weighted by Crippen LogP contribution is -2.40. The van der Waals surface area contributed by atoms with Crippen molar-refractivity contribution in [3.8, 4) is 5.75 Å². The van der Waals surface area contributed by atoms with Crippen molar-refractivity contribution in [2.24, 2.45) is 0 Å². The third-order valence-electron chi connectivity index (χ3n) is 5.59. The van der Waals surface area contributed by atoms with E-state index in [-0.39, 0.29) is 18.6 Å². The third kappa shape index (κ3) is 6.85. The van der Waals surface area contributed by atoms with E-state index in [1.165, 1.54) is 0 Å². The monoisotopic (exact) mass is 476 g/mol. The minimum atomic E-state index is -0.531. The Hall–Kier alpha value is -3.81. The number of carbonyl (C=O) groups is 2. The van der Waals surface area contributed by atoms with Gasteiger partial charge in [-0.15, -0.1) is 0 Å². The summed E-state index contributed by atoms with van der Waals surface area (Å²) in [4.78, 5) is 31.4. The number of nitrogens with zero attached hydrogens (tertiary/aromatic N) is 2. The van der Waals surface area contributed by atoms with Crippen LogP contribution in [0.3, 0.4) is 0 Å². The highest BCUT2D eigenvalue weighted by Crippen LogP contribution is 2.28. The quantitative estimate of drug-likeness (QED) is 0.535. The Balaban J connectivity index is 1.37. The third-order valence-corrected chi connectivity index (χ3v) is 5.59. The van der Waals surface area contributed by atoms with Crippen LogP contribution in [-0.2, 0) is 16.1 Å². The number of anilines is 1. The van der Waals surface area contributed by atoms with Gasteiger partial charge >= 0.3 is 6.09 Å². The fourth-order valence-electron chi connectivity index (χ4n) is 3.95. The molecule has 184 valence electrons. The highest BCUT2D eigenvalue weighted by molar-refractivity contribution is 5.86. The molecule has 2 heterocycles. The van der Waals surface area contributed by atoms with Gasteiger partial charge in [-0.25, -0.2) is 9.78 Å². The zero-order chi connectivity index (χ0) is 24.8. The molecule has 0 bridgehead atoms. The molecule has 1 aromatic heterocycles. The predicted molar refractivity (Wildman–Crippen MR) is 136 cm³/mol. The highest BCUT2D eigenvalue weighted by Gasteiger charge is 2.27. The lowest BCUT2D eigenvalue weighted by molar-refractivity contribution is -0.123. The molecule has 3 aromatic rings. The molecule has 1 aliphatic rings. The number of nitrogens with one attached hydrogen (secondary N) is 2. The maximum atomic E-state index is 12.3. The Bertz CT molecular complexity index is 1180. The molecule has 8 nitrogen and oxygen atoms in total. The van der Waals surface area contributed by atoms with Gasteiger partial charge in [-0.05, 0) is 51.0 Å². The van der Waals surface area contributed by atoms with Crippen molar-refractivity contribution in [1.29, 1.82) is 0 Å². The summed E-state index contributed by atoms with van der Waals surface area (Å²) in [6.07, 6.45) is 0.399. The molecular weight excluding hydrogens is 444 g/mol. The van der Waals surface area contributed by atoms with Crippen LogP contribution in [0.25, 0.3) is 10.9 Å². The van der Waals surface area contributed by atoms with Crippen molar-refractivity contribution in [3.05, 3.63) is 66.2 Å². The fourth-order valence-corrected chi connectivity index (χ4v) is 3.95. The van der Waals surface area contributed by atoms with Crippen molar-refractivity contribution in [1.82, 2.24) is 15.6 Å². The highest BCUT2D eigenvalue weighted by atomic mass is 16.6. The summed E-state index contributed by atoms with van der Waals surface area (Å²) in [7, 11) is 0. The van der Waals surface area contributed by atoms with E-state index in [4.69, 9.17) is 14.5 Å². The molecule has 2 amide bonds. The topological polar surface area (TPSA) is 92.8 Å². The largest absolute Gasteiger partial charge is 0.481 e. The van der Waals surface area contributed by atoms with E-state index in [0.717, 1.165) is 29.7 Å². The second kappa shape index (κ2) is 10.6. The summed E-state index contributed by atoms with van der Waals surface area (Å²) in [5.41, 5.74) is 1.20. The van der Waals surface area contributed by atoms with Crippen LogP contribution in [0, 0.1) is 0 Å². The molecule has 0 unspecified atom stereocenters. The number of hydrogen-bond donors (Lipinski definition) is 2. The van der Waals surface area contributed by atoms with Gasteiger partial charge in [0.05, 0.1) is 6.04 Å². The number of ether oxygens (including phenoxy) is 2. The fraction of sp³-hybridized carbons (Fsp3) is 0.370. The van der Waals surface area contributed by atoms with Gasteiger partial charge in [0.25, 0.3) is 5.91 Å². The van der Waals surface area contributed by atoms with Gasteiger partial charge in [0.2, 0.25) is 0 Å².